The zero-order valence-electron chi connectivity index (χ0n) is 0.447. The Bertz CT molecular complexity index is 3.25. The molecule has 0 atom stereocenters. The van der Waals surface area contributed by atoms with Crippen LogP contribution < -0.4 is 0 Å². The first-order chi connectivity index (χ1) is 0. The first-order valence-corrected chi connectivity index (χ1v) is 0. The summed E-state index contributed by atoms with van der Waals surface area (Å²) in [5.74, 6) is 0. The minimum absolute atomic E-state index is 0. The Morgan fingerprint density at radius 3 is 0.500 bits per heavy atom. The molecule has 0 saturated carbocycles. The van der Waals surface area contributed by atoms with E-state index in [1.54, 1.807) is 0 Å². The van der Waals surface area contributed by atoms with Crippen LogP contribution in [0, 0.1) is 0 Å². The minimum atomic E-state index is 0. The van der Waals surface area contributed by atoms with E-state index >= 15 is 0 Å². The fraction of sp³-hybridized carbons (Fsp3) is 0. The van der Waals surface area contributed by atoms with Crippen LogP contribution in [0.25, 0.3) is 0 Å². The maximum atomic E-state index is 0. The maximum absolute atomic E-state index is 0. The van der Waals surface area contributed by atoms with Crippen molar-refractivity contribution in [2.75, 3.05) is 0 Å². The van der Waals surface area contributed by atoms with E-state index in [9.17, 15) is 0 Å². The summed E-state index contributed by atoms with van der Waals surface area (Å²) >= 11 is 0. The molecule has 0 rings (SSSR count). The Kier molecular flexibility index (Phi) is 166. The Morgan fingerprint density at radius 1 is 0.500 bits per heavy atom. The average molecular weight is 141 g/mol. The van der Waals surface area contributed by atoms with Gasteiger partial charge in [0, 0.05) is 18.6 Å². The van der Waals surface area contributed by atoms with E-state index in [0.29, 0.717) is 0 Å². The molecule has 0 aromatic heterocycles. The molecule has 4 heavy (non-hydrogen) atoms. The van der Waals surface area contributed by atoms with Crippen molar-refractivity contribution in [1.29, 1.82) is 0 Å². The van der Waals surface area contributed by atoms with E-state index in [-0.39, 0.29) is 70.6 Å². The van der Waals surface area contributed by atoms with E-state index in [4.69, 9.17) is 0 Å². The van der Waals surface area contributed by atoms with Crippen LogP contribution in [0.4, 0.5) is 0 Å². The second-order valence-corrected chi connectivity index (χ2v) is 0. The predicted octanol–water partition coefficient (Wildman–Crippen LogP) is -3.55. The molecule has 23 valence electrons. The molecule has 0 fully saturated rings. The van der Waals surface area contributed by atoms with Crippen molar-refractivity contribution in [2.24, 2.45) is 0 Å². The smallest absolute Gasteiger partial charge is 0 e. The van der Waals surface area contributed by atoms with Crippen molar-refractivity contribution >= 4 is 52.1 Å². The Labute approximate surface area is 70.0 Å². The molecule has 0 aliphatic carbocycles. The molecule has 0 amide bonds. The Balaban J connectivity index is 0. The number of hydrogen-bond acceptors (Lipinski definition) is 0. The van der Waals surface area contributed by atoms with E-state index in [1.165, 1.54) is 0 Å². The molecule has 0 heterocycles. The first kappa shape index (κ1) is 34.9. The third-order valence-electron chi connectivity index (χ3n) is 0. The molecular formula is H9Al3V. The van der Waals surface area contributed by atoms with Crippen molar-refractivity contribution in [3.05, 3.63) is 0 Å². The van der Waals surface area contributed by atoms with Gasteiger partial charge < -0.3 is 0 Å². The average Bonchev–Trinajstić information content (AvgIpc) is 0. The minimum Gasteiger partial charge on any atom is 0 e. The van der Waals surface area contributed by atoms with E-state index < -0.39 is 0 Å². The predicted molar refractivity (Wildman–Crippen MR) is 29.8 cm³/mol. The normalized spacial score (nSPS) is 0. The van der Waals surface area contributed by atoms with Gasteiger partial charge in [-0.3, -0.25) is 0 Å². The van der Waals surface area contributed by atoms with Crippen molar-refractivity contribution in [3.8, 4) is 0 Å². The van der Waals surface area contributed by atoms with Gasteiger partial charge in [0.2, 0.25) is 0 Å². The van der Waals surface area contributed by atoms with Crippen molar-refractivity contribution in [1.82, 2.24) is 0 Å². The summed E-state index contributed by atoms with van der Waals surface area (Å²) in [4.78, 5) is 0. The molecular weight excluding hydrogens is 132 g/mol. The molecule has 0 unspecified atom stereocenters. The largest absolute Gasteiger partial charge is 0.187 e. The van der Waals surface area contributed by atoms with Crippen LogP contribution >= 0.6 is 0 Å². The van der Waals surface area contributed by atoms with Gasteiger partial charge >= 0.3 is 0 Å². The molecule has 0 N–H and O–H groups in total. The Hall–Kier alpha value is 2.18. The molecule has 0 aliphatic heterocycles. The van der Waals surface area contributed by atoms with Crippen LogP contribution in [0.5, 0.6) is 0 Å². The second kappa shape index (κ2) is 19.0. The van der Waals surface area contributed by atoms with E-state index in [2.05, 4.69) is 0 Å². The molecule has 1 radical (unpaired) electrons. The van der Waals surface area contributed by atoms with Gasteiger partial charge in [0.1, 0.15) is 0 Å². The van der Waals surface area contributed by atoms with Gasteiger partial charge in [-0.1, -0.05) is 0 Å². The van der Waals surface area contributed by atoms with Crippen LogP contribution in [0.3, 0.4) is 0 Å². The molecule has 0 nitrogen and oxygen atoms in total. The van der Waals surface area contributed by atoms with Gasteiger partial charge in [0.15, 0.2) is 52.1 Å². The SMILES string of the molecule is [AlH3].[AlH3].[AlH3].[V]. The van der Waals surface area contributed by atoms with Crippen molar-refractivity contribution in [3.63, 3.8) is 0 Å². The quantitative estimate of drug-likeness (QED) is 0.306. The zero-order chi connectivity index (χ0) is 0. The fourth-order valence-corrected chi connectivity index (χ4v) is 0. The van der Waals surface area contributed by atoms with Crippen molar-refractivity contribution < 1.29 is 18.6 Å². The molecule has 0 bridgehead atoms. The summed E-state index contributed by atoms with van der Waals surface area (Å²) < 4.78 is 0. The molecule has 0 aliphatic rings. The van der Waals surface area contributed by atoms with Gasteiger partial charge in [-0.05, 0) is 0 Å². The van der Waals surface area contributed by atoms with Gasteiger partial charge in [-0.2, -0.15) is 0 Å². The molecule has 0 saturated heterocycles. The van der Waals surface area contributed by atoms with Crippen LogP contribution in [0.15, 0.2) is 0 Å². The number of hydrogen-bond donors (Lipinski definition) is 0. The number of rotatable bonds is 0. The monoisotopic (exact) mass is 141 g/mol. The van der Waals surface area contributed by atoms with Crippen LogP contribution in [-0.4, -0.2) is 52.1 Å². The standard InChI is InChI=1S/3Al.V.9H. The first-order valence-electron chi connectivity index (χ1n) is 0. The van der Waals surface area contributed by atoms with Crippen LogP contribution in [0.2, 0.25) is 0 Å². The van der Waals surface area contributed by atoms with Gasteiger partial charge in [0.05, 0.1) is 0 Å². The maximum Gasteiger partial charge on any atom is 0.187 e. The van der Waals surface area contributed by atoms with Crippen LogP contribution in [0.1, 0.15) is 0 Å². The van der Waals surface area contributed by atoms with Gasteiger partial charge in [-0.25, -0.2) is 0 Å². The van der Waals surface area contributed by atoms with Gasteiger partial charge in [-0.15, -0.1) is 0 Å². The Morgan fingerprint density at radius 2 is 0.500 bits per heavy atom. The molecule has 0 aromatic carbocycles. The molecule has 0 spiro atoms. The summed E-state index contributed by atoms with van der Waals surface area (Å²) in [7, 11) is 0. The summed E-state index contributed by atoms with van der Waals surface area (Å²) in [5, 5.41) is 0. The van der Waals surface area contributed by atoms with E-state index in [1.807, 2.05) is 0 Å². The zero-order valence-corrected chi connectivity index (χ0v) is 1.84. The third kappa shape index (κ3) is 8.89. The summed E-state index contributed by atoms with van der Waals surface area (Å²) in [6.07, 6.45) is 0. The fourth-order valence-electron chi connectivity index (χ4n) is 0. The van der Waals surface area contributed by atoms with E-state index in [0.717, 1.165) is 0 Å². The summed E-state index contributed by atoms with van der Waals surface area (Å²) in [6, 6.07) is 0. The second-order valence-electron chi connectivity index (χ2n) is 0. The van der Waals surface area contributed by atoms with Gasteiger partial charge in [0.25, 0.3) is 0 Å². The summed E-state index contributed by atoms with van der Waals surface area (Å²) in [5.41, 5.74) is 0. The third-order valence-corrected chi connectivity index (χ3v) is 0. The summed E-state index contributed by atoms with van der Waals surface area (Å²) in [6.45, 7) is 0. The van der Waals surface area contributed by atoms with Crippen molar-refractivity contribution in [2.45, 2.75) is 0 Å². The van der Waals surface area contributed by atoms with Crippen LogP contribution in [-0.2, 0) is 18.6 Å². The topological polar surface area (TPSA) is 0 Å². The molecule has 0 aromatic rings. The molecule has 4 heteroatoms.